The van der Waals surface area contributed by atoms with Gasteiger partial charge >= 0.3 is 5.97 Å². The molecule has 120 valence electrons. The van der Waals surface area contributed by atoms with Crippen LogP contribution in [0.3, 0.4) is 0 Å². The van der Waals surface area contributed by atoms with Crippen LogP contribution in [-0.4, -0.2) is 48.2 Å². The second-order valence-electron chi connectivity index (χ2n) is 7.51. The molecular weight excluding hydrogens is 264 g/mol. The Bertz CT molecular complexity index is 366. The zero-order valence-corrected chi connectivity index (χ0v) is 13.1. The molecule has 2 unspecified atom stereocenters. The lowest BCUT2D eigenvalue weighted by atomic mass is 9.56. The first kappa shape index (κ1) is 15.3. The quantitative estimate of drug-likeness (QED) is 0.818. The zero-order valence-electron chi connectivity index (χ0n) is 13.1. The third-order valence-electron chi connectivity index (χ3n) is 6.17. The molecule has 21 heavy (non-hydrogen) atoms. The SMILES string of the molecule is O=C(O)CNCC1CCCN(C2CCC23CCCCC3)C1. The van der Waals surface area contributed by atoms with Crippen LogP contribution >= 0.6 is 0 Å². The maximum absolute atomic E-state index is 10.6. The van der Waals surface area contributed by atoms with E-state index in [2.05, 4.69) is 10.2 Å². The second kappa shape index (κ2) is 6.66. The van der Waals surface area contributed by atoms with Crippen LogP contribution in [0, 0.1) is 11.3 Å². The number of carboxylic acid groups (broad SMARTS) is 1. The number of likely N-dealkylation sites (tertiary alicyclic amines) is 1. The molecule has 0 aromatic carbocycles. The van der Waals surface area contributed by atoms with Gasteiger partial charge in [-0.15, -0.1) is 0 Å². The molecule has 0 aromatic heterocycles. The molecule has 0 radical (unpaired) electrons. The van der Waals surface area contributed by atoms with Crippen molar-refractivity contribution in [2.45, 2.75) is 63.8 Å². The fraction of sp³-hybridized carbons (Fsp3) is 0.941. The van der Waals surface area contributed by atoms with Gasteiger partial charge in [-0.25, -0.2) is 0 Å². The molecule has 3 aliphatic rings. The van der Waals surface area contributed by atoms with E-state index in [1.165, 1.54) is 70.9 Å². The molecule has 1 spiro atoms. The van der Waals surface area contributed by atoms with Gasteiger partial charge < -0.3 is 10.4 Å². The van der Waals surface area contributed by atoms with Crippen LogP contribution in [0.25, 0.3) is 0 Å². The van der Waals surface area contributed by atoms with E-state index in [1.54, 1.807) is 0 Å². The van der Waals surface area contributed by atoms with Crippen molar-refractivity contribution in [1.82, 2.24) is 10.2 Å². The Hall–Kier alpha value is -0.610. The molecule has 4 heteroatoms. The van der Waals surface area contributed by atoms with Crippen LogP contribution < -0.4 is 5.32 Å². The van der Waals surface area contributed by atoms with Crippen LogP contribution in [0.1, 0.15) is 57.8 Å². The summed E-state index contributed by atoms with van der Waals surface area (Å²) in [7, 11) is 0. The number of hydrogen-bond donors (Lipinski definition) is 2. The van der Waals surface area contributed by atoms with Crippen LogP contribution in [0.15, 0.2) is 0 Å². The number of hydrogen-bond acceptors (Lipinski definition) is 3. The lowest BCUT2D eigenvalue weighted by molar-refractivity contribution is -0.136. The summed E-state index contributed by atoms with van der Waals surface area (Å²) < 4.78 is 0. The van der Waals surface area contributed by atoms with Crippen LogP contribution in [0.4, 0.5) is 0 Å². The number of aliphatic carboxylic acids is 1. The van der Waals surface area contributed by atoms with Gasteiger partial charge in [0.15, 0.2) is 0 Å². The molecular formula is C17H30N2O2. The largest absolute Gasteiger partial charge is 0.480 e. The Morgan fingerprint density at radius 2 is 1.95 bits per heavy atom. The molecule has 2 aliphatic carbocycles. The van der Waals surface area contributed by atoms with Crippen molar-refractivity contribution in [3.05, 3.63) is 0 Å². The number of rotatable bonds is 5. The topological polar surface area (TPSA) is 52.6 Å². The summed E-state index contributed by atoms with van der Waals surface area (Å²) in [4.78, 5) is 13.4. The Kier molecular flexibility index (Phi) is 4.85. The van der Waals surface area contributed by atoms with E-state index >= 15 is 0 Å². The van der Waals surface area contributed by atoms with E-state index in [0.717, 1.165) is 12.6 Å². The highest BCUT2D eigenvalue weighted by molar-refractivity contribution is 5.68. The maximum Gasteiger partial charge on any atom is 0.317 e. The molecule has 1 aliphatic heterocycles. The average Bonchev–Trinajstić information content (AvgIpc) is 2.47. The van der Waals surface area contributed by atoms with Crippen molar-refractivity contribution in [3.8, 4) is 0 Å². The van der Waals surface area contributed by atoms with Crippen molar-refractivity contribution in [1.29, 1.82) is 0 Å². The molecule has 0 bridgehead atoms. The van der Waals surface area contributed by atoms with Gasteiger partial charge in [-0.3, -0.25) is 9.69 Å². The Morgan fingerprint density at radius 3 is 2.62 bits per heavy atom. The van der Waals surface area contributed by atoms with Crippen LogP contribution in [0.2, 0.25) is 0 Å². The number of nitrogens with one attached hydrogen (secondary N) is 1. The maximum atomic E-state index is 10.6. The second-order valence-corrected chi connectivity index (χ2v) is 7.51. The lowest BCUT2D eigenvalue weighted by Gasteiger charge is -2.57. The standard InChI is InChI=1S/C17H30N2O2/c20-16(21)12-18-11-14-5-4-10-19(13-14)15-6-9-17(15)7-2-1-3-8-17/h14-15,18H,1-13H2,(H,20,21). The van der Waals surface area contributed by atoms with Crippen LogP contribution in [-0.2, 0) is 4.79 Å². The lowest BCUT2D eigenvalue weighted by Crippen LogP contribution is -2.58. The first-order valence-corrected chi connectivity index (χ1v) is 8.86. The molecule has 1 heterocycles. The average molecular weight is 294 g/mol. The van der Waals surface area contributed by atoms with E-state index in [9.17, 15) is 4.79 Å². The molecule has 4 nitrogen and oxygen atoms in total. The van der Waals surface area contributed by atoms with Gasteiger partial charge in [0.1, 0.15) is 0 Å². The minimum Gasteiger partial charge on any atom is -0.480 e. The third kappa shape index (κ3) is 3.42. The first-order valence-electron chi connectivity index (χ1n) is 8.86. The van der Waals surface area contributed by atoms with Crippen molar-refractivity contribution in [2.24, 2.45) is 11.3 Å². The summed E-state index contributed by atoms with van der Waals surface area (Å²) in [5.74, 6) is -0.109. The Balaban J connectivity index is 1.50. The van der Waals surface area contributed by atoms with Gasteiger partial charge in [0.2, 0.25) is 0 Å². The number of carbonyl (C=O) groups is 1. The summed E-state index contributed by atoms with van der Waals surface area (Å²) in [6.45, 7) is 3.41. The molecule has 2 atom stereocenters. The highest BCUT2D eigenvalue weighted by Crippen LogP contribution is 2.54. The summed E-state index contributed by atoms with van der Waals surface area (Å²) >= 11 is 0. The van der Waals surface area contributed by atoms with Crippen LogP contribution in [0.5, 0.6) is 0 Å². The molecule has 0 amide bonds. The van der Waals surface area contributed by atoms with Gasteiger partial charge in [0, 0.05) is 12.6 Å². The fourth-order valence-electron chi connectivity index (χ4n) is 5.02. The monoisotopic (exact) mass is 294 g/mol. The minimum atomic E-state index is -0.747. The van der Waals surface area contributed by atoms with Crippen molar-refractivity contribution in [2.75, 3.05) is 26.2 Å². The number of carboxylic acids is 1. The van der Waals surface area contributed by atoms with Gasteiger partial charge in [0.05, 0.1) is 6.54 Å². The number of piperidine rings is 1. The fourth-order valence-corrected chi connectivity index (χ4v) is 5.02. The van der Waals surface area contributed by atoms with Crippen molar-refractivity contribution >= 4 is 5.97 Å². The van der Waals surface area contributed by atoms with E-state index in [0.29, 0.717) is 11.3 Å². The normalized spacial score (nSPS) is 32.8. The summed E-state index contributed by atoms with van der Waals surface area (Å²) in [5.41, 5.74) is 0.661. The van der Waals surface area contributed by atoms with Gasteiger partial charge in [0.25, 0.3) is 0 Å². The first-order chi connectivity index (χ1) is 10.2. The molecule has 3 fully saturated rings. The predicted octanol–water partition coefficient (Wildman–Crippen LogP) is 2.49. The third-order valence-corrected chi connectivity index (χ3v) is 6.17. The van der Waals surface area contributed by atoms with E-state index in [4.69, 9.17) is 5.11 Å². The van der Waals surface area contributed by atoms with Crippen molar-refractivity contribution < 1.29 is 9.90 Å². The van der Waals surface area contributed by atoms with Crippen molar-refractivity contribution in [3.63, 3.8) is 0 Å². The summed E-state index contributed by atoms with van der Waals surface area (Å²) in [5, 5.41) is 11.8. The zero-order chi connectivity index (χ0) is 14.7. The molecule has 3 rings (SSSR count). The smallest absolute Gasteiger partial charge is 0.317 e. The highest BCUT2D eigenvalue weighted by atomic mass is 16.4. The summed E-state index contributed by atoms with van der Waals surface area (Å²) in [6.07, 6.45) is 12.6. The van der Waals surface area contributed by atoms with Gasteiger partial charge in [-0.1, -0.05) is 19.3 Å². The van der Waals surface area contributed by atoms with Gasteiger partial charge in [-0.2, -0.15) is 0 Å². The molecule has 0 aromatic rings. The Labute approximate surface area is 128 Å². The number of nitrogens with zero attached hydrogens (tertiary/aromatic N) is 1. The van der Waals surface area contributed by atoms with E-state index < -0.39 is 5.97 Å². The Morgan fingerprint density at radius 1 is 1.14 bits per heavy atom. The predicted molar refractivity (Wildman–Crippen MR) is 83.3 cm³/mol. The summed E-state index contributed by atoms with van der Waals surface area (Å²) in [6, 6.07) is 0.833. The molecule has 2 saturated carbocycles. The van der Waals surface area contributed by atoms with Gasteiger partial charge in [-0.05, 0) is 62.9 Å². The highest BCUT2D eigenvalue weighted by Gasteiger charge is 2.49. The molecule has 2 N–H and O–H groups in total. The molecule has 1 saturated heterocycles. The minimum absolute atomic E-state index is 0.101. The van der Waals surface area contributed by atoms with E-state index in [-0.39, 0.29) is 6.54 Å². The van der Waals surface area contributed by atoms with E-state index in [1.807, 2.05) is 0 Å².